The number of ether oxygens (including phenoxy) is 2. The van der Waals surface area contributed by atoms with Crippen molar-refractivity contribution in [1.82, 2.24) is 10.6 Å². The van der Waals surface area contributed by atoms with Gasteiger partial charge in [-0.25, -0.2) is 0 Å². The molecule has 2 amide bonds. The molecule has 0 aromatic heterocycles. The summed E-state index contributed by atoms with van der Waals surface area (Å²) in [6.07, 6.45) is 0. The molecule has 0 aliphatic heterocycles. The van der Waals surface area contributed by atoms with E-state index in [-0.39, 0.29) is 24.3 Å². The van der Waals surface area contributed by atoms with Crippen molar-refractivity contribution in [2.45, 2.75) is 33.4 Å². The lowest BCUT2D eigenvalue weighted by Gasteiger charge is -2.22. The highest BCUT2D eigenvalue weighted by Crippen LogP contribution is 2.22. The molecule has 0 spiro atoms. The van der Waals surface area contributed by atoms with Crippen LogP contribution in [-0.4, -0.2) is 31.6 Å². The summed E-state index contributed by atoms with van der Waals surface area (Å²) in [5.41, 5.74) is 1.22. The number of hydrogen-bond donors (Lipinski definition) is 2. The lowest BCUT2D eigenvalue weighted by molar-refractivity contribution is -0.124. The molecule has 0 bridgehead atoms. The minimum atomic E-state index is -0.681. The molecule has 0 saturated heterocycles. The van der Waals surface area contributed by atoms with Crippen LogP contribution in [0.3, 0.4) is 0 Å². The number of carbonyl (C=O) groups is 2. The van der Waals surface area contributed by atoms with E-state index in [9.17, 15) is 9.59 Å². The lowest BCUT2D eigenvalue weighted by Crippen LogP contribution is -2.49. The topological polar surface area (TPSA) is 76.7 Å². The number of nitrogens with one attached hydrogen (secondary N) is 2. The number of hydrogen-bond acceptors (Lipinski definition) is 4. The first kappa shape index (κ1) is 22.6. The van der Waals surface area contributed by atoms with E-state index in [2.05, 4.69) is 10.6 Å². The molecule has 0 saturated carbocycles. The van der Waals surface area contributed by atoms with E-state index >= 15 is 0 Å². The van der Waals surface area contributed by atoms with Crippen molar-refractivity contribution in [3.63, 3.8) is 0 Å². The first-order chi connectivity index (χ1) is 13.8. The second-order valence-corrected chi connectivity index (χ2v) is 7.26. The Hall–Kier alpha value is -2.73. The number of halogens is 1. The SMILES string of the molecule is CCOc1ccc(C(=O)NC(C(=O)NCc2cc(Cl)ccc2OC)C(C)C)cc1. The van der Waals surface area contributed by atoms with Crippen LogP contribution in [0.2, 0.25) is 5.02 Å². The number of rotatable bonds is 9. The van der Waals surface area contributed by atoms with E-state index in [0.717, 1.165) is 5.56 Å². The van der Waals surface area contributed by atoms with Crippen molar-refractivity contribution >= 4 is 23.4 Å². The summed E-state index contributed by atoms with van der Waals surface area (Å²) in [6.45, 7) is 6.44. The van der Waals surface area contributed by atoms with E-state index in [1.807, 2.05) is 20.8 Å². The third kappa shape index (κ3) is 6.39. The maximum Gasteiger partial charge on any atom is 0.251 e. The number of methoxy groups -OCH3 is 1. The van der Waals surface area contributed by atoms with Crippen LogP contribution >= 0.6 is 11.6 Å². The number of carbonyl (C=O) groups excluding carboxylic acids is 2. The highest BCUT2D eigenvalue weighted by Gasteiger charge is 2.24. The maximum atomic E-state index is 12.7. The Balaban J connectivity index is 2.04. The van der Waals surface area contributed by atoms with Crippen LogP contribution in [0.4, 0.5) is 0 Å². The van der Waals surface area contributed by atoms with Crippen molar-refractivity contribution in [2.24, 2.45) is 5.92 Å². The van der Waals surface area contributed by atoms with Gasteiger partial charge in [0, 0.05) is 22.7 Å². The second-order valence-electron chi connectivity index (χ2n) is 6.83. The highest BCUT2D eigenvalue weighted by molar-refractivity contribution is 6.30. The Labute approximate surface area is 176 Å². The zero-order valence-electron chi connectivity index (χ0n) is 17.1. The Bertz CT molecular complexity index is 837. The Morgan fingerprint density at radius 3 is 2.38 bits per heavy atom. The molecule has 0 heterocycles. The molecular formula is C22H27ClN2O4. The second kappa shape index (κ2) is 10.7. The lowest BCUT2D eigenvalue weighted by atomic mass is 10.0. The first-order valence-electron chi connectivity index (χ1n) is 9.49. The third-order valence-electron chi connectivity index (χ3n) is 4.36. The average Bonchev–Trinajstić information content (AvgIpc) is 2.70. The van der Waals surface area contributed by atoms with Crippen molar-refractivity contribution in [2.75, 3.05) is 13.7 Å². The van der Waals surface area contributed by atoms with Gasteiger partial charge in [0.25, 0.3) is 5.91 Å². The quantitative estimate of drug-likeness (QED) is 0.649. The minimum absolute atomic E-state index is 0.0945. The zero-order valence-corrected chi connectivity index (χ0v) is 17.9. The molecule has 2 rings (SSSR count). The summed E-state index contributed by atoms with van der Waals surface area (Å²) in [7, 11) is 1.56. The van der Waals surface area contributed by atoms with Gasteiger partial charge in [0.05, 0.1) is 13.7 Å². The fourth-order valence-electron chi connectivity index (χ4n) is 2.81. The maximum absolute atomic E-state index is 12.7. The molecular weight excluding hydrogens is 392 g/mol. The number of benzene rings is 2. The third-order valence-corrected chi connectivity index (χ3v) is 4.59. The summed E-state index contributed by atoms with van der Waals surface area (Å²) in [4.78, 5) is 25.3. The summed E-state index contributed by atoms with van der Waals surface area (Å²) in [5, 5.41) is 6.22. The van der Waals surface area contributed by atoms with Crippen LogP contribution < -0.4 is 20.1 Å². The van der Waals surface area contributed by atoms with Gasteiger partial charge in [-0.15, -0.1) is 0 Å². The normalized spacial score (nSPS) is 11.7. The van der Waals surface area contributed by atoms with Gasteiger partial charge in [0.1, 0.15) is 17.5 Å². The van der Waals surface area contributed by atoms with Gasteiger partial charge in [0.2, 0.25) is 5.91 Å². The van der Waals surface area contributed by atoms with E-state index in [0.29, 0.717) is 28.7 Å². The van der Waals surface area contributed by atoms with Gasteiger partial charge >= 0.3 is 0 Å². The first-order valence-corrected chi connectivity index (χ1v) is 9.87. The van der Waals surface area contributed by atoms with Crippen LogP contribution in [0.15, 0.2) is 42.5 Å². The monoisotopic (exact) mass is 418 g/mol. The predicted octanol–water partition coefficient (Wildman–Crippen LogP) is 3.82. The van der Waals surface area contributed by atoms with Crippen molar-refractivity contribution in [3.8, 4) is 11.5 Å². The summed E-state index contributed by atoms with van der Waals surface area (Å²) >= 11 is 6.04. The molecule has 0 aliphatic carbocycles. The van der Waals surface area contributed by atoms with Crippen molar-refractivity contribution < 1.29 is 19.1 Å². The van der Waals surface area contributed by atoms with Gasteiger partial charge in [0.15, 0.2) is 0 Å². The largest absolute Gasteiger partial charge is 0.496 e. The molecule has 0 fully saturated rings. The van der Waals surface area contributed by atoms with Gasteiger partial charge in [-0.1, -0.05) is 25.4 Å². The molecule has 7 heteroatoms. The molecule has 2 aromatic rings. The van der Waals surface area contributed by atoms with E-state index in [1.54, 1.807) is 49.6 Å². The molecule has 1 unspecified atom stereocenters. The molecule has 6 nitrogen and oxygen atoms in total. The van der Waals surface area contributed by atoms with Crippen LogP contribution in [0, 0.1) is 5.92 Å². The molecule has 0 radical (unpaired) electrons. The summed E-state index contributed by atoms with van der Waals surface area (Å²) in [5.74, 6) is 0.637. The fraction of sp³-hybridized carbons (Fsp3) is 0.364. The van der Waals surface area contributed by atoms with Crippen LogP contribution in [0.25, 0.3) is 0 Å². The van der Waals surface area contributed by atoms with Gasteiger partial charge in [-0.3, -0.25) is 9.59 Å². The molecule has 1 atom stereocenters. The van der Waals surface area contributed by atoms with Crippen LogP contribution in [0.1, 0.15) is 36.7 Å². The van der Waals surface area contributed by atoms with Crippen molar-refractivity contribution in [1.29, 1.82) is 0 Å². The van der Waals surface area contributed by atoms with E-state index < -0.39 is 6.04 Å². The molecule has 0 aliphatic rings. The molecule has 156 valence electrons. The minimum Gasteiger partial charge on any atom is -0.496 e. The molecule has 29 heavy (non-hydrogen) atoms. The molecule has 2 N–H and O–H groups in total. The van der Waals surface area contributed by atoms with Crippen LogP contribution in [-0.2, 0) is 11.3 Å². The van der Waals surface area contributed by atoms with Gasteiger partial charge in [-0.2, -0.15) is 0 Å². The fourth-order valence-corrected chi connectivity index (χ4v) is 3.00. The average molecular weight is 419 g/mol. The summed E-state index contributed by atoms with van der Waals surface area (Å²) < 4.78 is 10.7. The van der Waals surface area contributed by atoms with E-state index in [4.69, 9.17) is 21.1 Å². The Kier molecular flexibility index (Phi) is 8.34. The summed E-state index contributed by atoms with van der Waals surface area (Å²) in [6, 6.07) is 11.3. The van der Waals surface area contributed by atoms with Gasteiger partial charge in [-0.05, 0) is 55.3 Å². The molecule has 2 aromatic carbocycles. The zero-order chi connectivity index (χ0) is 21.4. The van der Waals surface area contributed by atoms with Gasteiger partial charge < -0.3 is 20.1 Å². The van der Waals surface area contributed by atoms with E-state index in [1.165, 1.54) is 0 Å². The standard InChI is InChI=1S/C22H27ClN2O4/c1-5-29-18-9-6-15(7-10-18)21(26)25-20(14(2)3)22(27)24-13-16-12-17(23)8-11-19(16)28-4/h6-12,14,20H,5,13H2,1-4H3,(H,24,27)(H,25,26). The van der Waals surface area contributed by atoms with Crippen LogP contribution in [0.5, 0.6) is 11.5 Å². The Morgan fingerprint density at radius 1 is 1.10 bits per heavy atom. The highest BCUT2D eigenvalue weighted by atomic mass is 35.5. The smallest absolute Gasteiger partial charge is 0.251 e. The predicted molar refractivity (Wildman–Crippen MR) is 114 cm³/mol. The Morgan fingerprint density at radius 2 is 1.79 bits per heavy atom. The number of amides is 2. The van der Waals surface area contributed by atoms with Crippen molar-refractivity contribution in [3.05, 3.63) is 58.6 Å².